The molecule has 96 valence electrons. The lowest BCUT2D eigenvalue weighted by atomic mass is 10.3. The fourth-order valence-corrected chi connectivity index (χ4v) is 2.26. The molecule has 0 aromatic carbocycles. The molecular weight excluding hydrogens is 236 g/mol. The molecule has 0 aliphatic heterocycles. The molecule has 0 spiro atoms. The molecule has 1 heterocycles. The van der Waals surface area contributed by atoms with Crippen molar-refractivity contribution >= 4 is 16.6 Å². The van der Waals surface area contributed by atoms with Gasteiger partial charge in [0.15, 0.2) is 11.6 Å². The molecule has 0 saturated carbocycles. The Hall–Kier alpha value is -1.10. The average Bonchev–Trinajstić information content (AvgIpc) is 2.18. The fourth-order valence-electron chi connectivity index (χ4n) is 1.48. The lowest BCUT2D eigenvalue weighted by Crippen LogP contribution is -2.23. The third-order valence-electron chi connectivity index (χ3n) is 2.00. The van der Waals surface area contributed by atoms with E-state index >= 15 is 0 Å². The molecule has 4 nitrogen and oxygen atoms in total. The highest BCUT2D eigenvalue weighted by atomic mass is 32.2. The highest BCUT2D eigenvalue weighted by Gasteiger charge is 2.10. The van der Waals surface area contributed by atoms with E-state index in [2.05, 4.69) is 10.3 Å². The van der Waals surface area contributed by atoms with E-state index in [1.165, 1.54) is 0 Å². The molecule has 0 bridgehead atoms. The maximum atomic E-state index is 11.1. The zero-order chi connectivity index (χ0) is 12.8. The number of anilines is 1. The Bertz CT molecular complexity index is 383. The molecule has 2 atom stereocenters. The molecule has 1 aromatic rings. The van der Waals surface area contributed by atoms with Crippen molar-refractivity contribution in [2.24, 2.45) is 0 Å². The van der Waals surface area contributed by atoms with Crippen LogP contribution in [-0.4, -0.2) is 33.3 Å². The predicted molar refractivity (Wildman–Crippen MR) is 72.0 cm³/mol. The van der Waals surface area contributed by atoms with Gasteiger partial charge in [0.25, 0.3) is 0 Å². The summed E-state index contributed by atoms with van der Waals surface area (Å²) in [4.78, 5) is 4.24. The second-order valence-corrected chi connectivity index (χ2v) is 5.78. The van der Waals surface area contributed by atoms with Crippen LogP contribution in [-0.2, 0) is 10.8 Å². The summed E-state index contributed by atoms with van der Waals surface area (Å²) in [6.07, 6.45) is 3.52. The van der Waals surface area contributed by atoms with Crippen molar-refractivity contribution in [3.63, 3.8) is 0 Å². The van der Waals surface area contributed by atoms with Crippen LogP contribution in [0.3, 0.4) is 0 Å². The molecule has 1 aromatic heterocycles. The molecular formula is C12H20N2O2S. The van der Waals surface area contributed by atoms with Gasteiger partial charge in [-0.3, -0.25) is 4.21 Å². The average molecular weight is 256 g/mol. The van der Waals surface area contributed by atoms with Crippen molar-refractivity contribution in [2.75, 3.05) is 17.3 Å². The van der Waals surface area contributed by atoms with Gasteiger partial charge in [-0.25, -0.2) is 4.98 Å². The normalized spacial score (nSPS) is 14.4. The molecule has 17 heavy (non-hydrogen) atoms. The largest absolute Gasteiger partial charge is 0.487 e. The second kappa shape index (κ2) is 6.59. The predicted octanol–water partition coefficient (Wildman–Crippen LogP) is 2.05. The number of aromatic nitrogens is 1. The minimum absolute atomic E-state index is 0.102. The molecule has 2 unspecified atom stereocenters. The molecule has 0 fully saturated rings. The van der Waals surface area contributed by atoms with Crippen molar-refractivity contribution < 1.29 is 8.95 Å². The van der Waals surface area contributed by atoms with Gasteiger partial charge in [0, 0.05) is 35.0 Å². The number of hydrogen-bond donors (Lipinski definition) is 1. The quantitative estimate of drug-likeness (QED) is 0.846. The number of pyridine rings is 1. The molecule has 1 N–H and O–H groups in total. The van der Waals surface area contributed by atoms with Crippen molar-refractivity contribution in [2.45, 2.75) is 32.9 Å². The maximum Gasteiger partial charge on any atom is 0.169 e. The van der Waals surface area contributed by atoms with Gasteiger partial charge in [-0.05, 0) is 32.9 Å². The third kappa shape index (κ3) is 5.17. The highest BCUT2D eigenvalue weighted by Crippen LogP contribution is 2.22. The Morgan fingerprint density at radius 1 is 1.47 bits per heavy atom. The molecule has 0 aliphatic rings. The van der Waals surface area contributed by atoms with Gasteiger partial charge < -0.3 is 10.1 Å². The van der Waals surface area contributed by atoms with Crippen LogP contribution in [0, 0.1) is 0 Å². The summed E-state index contributed by atoms with van der Waals surface area (Å²) in [5, 5.41) is 3.22. The van der Waals surface area contributed by atoms with E-state index < -0.39 is 10.8 Å². The molecule has 1 rings (SSSR count). The van der Waals surface area contributed by atoms with Crippen LogP contribution < -0.4 is 10.1 Å². The Morgan fingerprint density at radius 2 is 2.18 bits per heavy atom. The van der Waals surface area contributed by atoms with Crippen molar-refractivity contribution in [1.82, 2.24) is 4.98 Å². The van der Waals surface area contributed by atoms with Gasteiger partial charge in [-0.1, -0.05) is 0 Å². The first-order valence-electron chi connectivity index (χ1n) is 5.67. The van der Waals surface area contributed by atoms with Gasteiger partial charge >= 0.3 is 0 Å². The molecule has 5 heteroatoms. The van der Waals surface area contributed by atoms with E-state index in [0.717, 1.165) is 5.75 Å². The van der Waals surface area contributed by atoms with Crippen LogP contribution in [0.2, 0.25) is 0 Å². The summed E-state index contributed by atoms with van der Waals surface area (Å²) in [5.74, 6) is 2.04. The van der Waals surface area contributed by atoms with Crippen LogP contribution in [0.4, 0.5) is 5.82 Å². The first kappa shape index (κ1) is 14.0. The first-order valence-corrected chi connectivity index (χ1v) is 7.40. The first-order chi connectivity index (χ1) is 7.99. The second-order valence-electron chi connectivity index (χ2n) is 4.30. The Kier molecular flexibility index (Phi) is 5.41. The molecule has 0 radical (unpaired) electrons. The van der Waals surface area contributed by atoms with Gasteiger partial charge in [0.05, 0.1) is 6.10 Å². The van der Waals surface area contributed by atoms with Gasteiger partial charge in [0.1, 0.15) is 0 Å². The van der Waals surface area contributed by atoms with Gasteiger partial charge in [0.2, 0.25) is 0 Å². The van der Waals surface area contributed by atoms with E-state index in [1.54, 1.807) is 12.5 Å². The van der Waals surface area contributed by atoms with Crippen LogP contribution >= 0.6 is 0 Å². The van der Waals surface area contributed by atoms with Crippen molar-refractivity contribution in [3.8, 4) is 5.75 Å². The fraction of sp³-hybridized carbons (Fsp3) is 0.583. The van der Waals surface area contributed by atoms with E-state index in [4.69, 9.17) is 4.74 Å². The van der Waals surface area contributed by atoms with Crippen molar-refractivity contribution in [1.29, 1.82) is 0 Å². The Labute approximate surface area is 105 Å². The smallest absolute Gasteiger partial charge is 0.169 e. The SMILES string of the molecule is CC(CS(C)=O)Nc1ncccc1OC(C)C. The lowest BCUT2D eigenvalue weighted by molar-refractivity contribution is 0.242. The van der Waals surface area contributed by atoms with Crippen LogP contribution in [0.25, 0.3) is 0 Å². The van der Waals surface area contributed by atoms with Crippen LogP contribution in [0.15, 0.2) is 18.3 Å². The number of ether oxygens (including phenoxy) is 1. The number of rotatable bonds is 6. The summed E-state index contributed by atoms with van der Waals surface area (Å²) in [7, 11) is -0.818. The summed E-state index contributed by atoms with van der Waals surface area (Å²) in [6.45, 7) is 5.93. The number of nitrogens with one attached hydrogen (secondary N) is 1. The summed E-state index contributed by atoms with van der Waals surface area (Å²) in [6, 6.07) is 3.82. The highest BCUT2D eigenvalue weighted by molar-refractivity contribution is 7.84. The van der Waals surface area contributed by atoms with E-state index in [0.29, 0.717) is 11.6 Å². The maximum absolute atomic E-state index is 11.1. The topological polar surface area (TPSA) is 51.2 Å². The standard InChI is InChI=1S/C12H20N2O2S/c1-9(2)16-11-6-5-7-13-12(11)14-10(3)8-17(4)15/h5-7,9-10H,8H2,1-4H3,(H,13,14). The van der Waals surface area contributed by atoms with Crippen molar-refractivity contribution in [3.05, 3.63) is 18.3 Å². The van der Waals surface area contributed by atoms with Crippen LogP contribution in [0.1, 0.15) is 20.8 Å². The summed E-state index contributed by atoms with van der Waals surface area (Å²) < 4.78 is 16.8. The zero-order valence-electron chi connectivity index (χ0n) is 10.8. The minimum atomic E-state index is -0.818. The van der Waals surface area contributed by atoms with Gasteiger partial charge in [-0.2, -0.15) is 0 Å². The monoisotopic (exact) mass is 256 g/mol. The lowest BCUT2D eigenvalue weighted by Gasteiger charge is -2.17. The zero-order valence-corrected chi connectivity index (χ0v) is 11.6. The molecule has 0 aliphatic carbocycles. The molecule has 0 amide bonds. The third-order valence-corrected chi connectivity index (χ3v) is 2.97. The van der Waals surface area contributed by atoms with Gasteiger partial charge in [-0.15, -0.1) is 0 Å². The number of hydrogen-bond acceptors (Lipinski definition) is 4. The van der Waals surface area contributed by atoms with E-state index in [9.17, 15) is 4.21 Å². The number of nitrogens with zero attached hydrogens (tertiary/aromatic N) is 1. The minimum Gasteiger partial charge on any atom is -0.487 e. The Balaban J connectivity index is 2.72. The molecule has 0 saturated heterocycles. The van der Waals surface area contributed by atoms with Crippen LogP contribution in [0.5, 0.6) is 5.75 Å². The summed E-state index contributed by atoms with van der Waals surface area (Å²) >= 11 is 0. The van der Waals surface area contributed by atoms with E-state index in [1.807, 2.05) is 32.9 Å². The summed E-state index contributed by atoms with van der Waals surface area (Å²) in [5.41, 5.74) is 0. The van der Waals surface area contributed by atoms with E-state index in [-0.39, 0.29) is 12.1 Å². The Morgan fingerprint density at radius 3 is 2.76 bits per heavy atom.